The number of halogens is 3. The monoisotopic (exact) mass is 297 g/mol. The molecule has 0 amide bonds. The van der Waals surface area contributed by atoms with Gasteiger partial charge >= 0.3 is 12.1 Å². The van der Waals surface area contributed by atoms with Crippen LogP contribution < -0.4 is 16.0 Å². The molecule has 0 spiro atoms. The van der Waals surface area contributed by atoms with Gasteiger partial charge in [-0.05, 0) is 24.3 Å². The van der Waals surface area contributed by atoms with Gasteiger partial charge in [0.05, 0.1) is 5.69 Å². The third-order valence-electron chi connectivity index (χ3n) is 2.41. The number of rotatable bonds is 2. The second-order valence-corrected chi connectivity index (χ2v) is 3.83. The lowest BCUT2D eigenvalue weighted by Crippen LogP contribution is -2.30. The summed E-state index contributed by atoms with van der Waals surface area (Å²) in [6.45, 7) is 0. The van der Waals surface area contributed by atoms with Gasteiger partial charge in [0.1, 0.15) is 17.4 Å². The summed E-state index contributed by atoms with van der Waals surface area (Å²) < 4.78 is 40.7. The minimum absolute atomic E-state index is 0.169. The highest BCUT2D eigenvalue weighted by Crippen LogP contribution is 2.23. The Morgan fingerprint density at radius 3 is 2.33 bits per heavy atom. The first-order valence-electron chi connectivity index (χ1n) is 5.42. The number of ether oxygens (including phenoxy) is 1. The molecule has 1 aromatic heterocycles. The molecule has 0 aliphatic carbocycles. The lowest BCUT2D eigenvalue weighted by Gasteiger charge is -2.10. The second kappa shape index (κ2) is 5.16. The summed E-state index contributed by atoms with van der Waals surface area (Å²) in [6.07, 6.45) is -3.81. The van der Waals surface area contributed by atoms with E-state index in [0.29, 0.717) is 0 Å². The summed E-state index contributed by atoms with van der Waals surface area (Å²) in [4.78, 5) is 24.8. The fraction of sp³-hybridized carbons (Fsp3) is 0.0833. The molecule has 1 heterocycles. The molecular weight excluding hydrogens is 291 g/mol. The lowest BCUT2D eigenvalue weighted by molar-refractivity contribution is -0.274. The van der Waals surface area contributed by atoms with Crippen LogP contribution in [0.1, 0.15) is 5.56 Å². The number of alkyl halides is 3. The Bertz CT molecular complexity index is 813. The van der Waals surface area contributed by atoms with Crippen LogP contribution in [0.5, 0.6) is 5.75 Å². The molecule has 6 nitrogen and oxygen atoms in total. The van der Waals surface area contributed by atoms with Gasteiger partial charge in [0.15, 0.2) is 0 Å². The zero-order valence-electron chi connectivity index (χ0n) is 10.1. The molecular formula is C12H6F3N3O3. The predicted octanol–water partition coefficient (Wildman–Crippen LogP) is 1.30. The minimum Gasteiger partial charge on any atom is -0.406 e. The number of nitriles is 1. The van der Waals surface area contributed by atoms with E-state index < -0.39 is 23.4 Å². The Morgan fingerprint density at radius 2 is 1.81 bits per heavy atom. The highest BCUT2D eigenvalue weighted by molar-refractivity contribution is 5.38. The molecule has 1 aromatic carbocycles. The van der Waals surface area contributed by atoms with Crippen LogP contribution >= 0.6 is 0 Å². The number of hydrogen-bond acceptors (Lipinski definition) is 4. The first-order chi connectivity index (χ1) is 9.80. The lowest BCUT2D eigenvalue weighted by atomic mass is 10.3. The molecule has 0 bridgehead atoms. The quantitative estimate of drug-likeness (QED) is 0.905. The highest BCUT2D eigenvalue weighted by Gasteiger charge is 2.30. The number of aromatic amines is 1. The molecule has 0 saturated carbocycles. The van der Waals surface area contributed by atoms with E-state index in [9.17, 15) is 22.8 Å². The molecule has 0 unspecified atom stereocenters. The van der Waals surface area contributed by atoms with Gasteiger partial charge in [-0.3, -0.25) is 14.3 Å². The molecule has 0 saturated heterocycles. The highest BCUT2D eigenvalue weighted by atomic mass is 19.4. The van der Waals surface area contributed by atoms with Crippen molar-refractivity contribution < 1.29 is 17.9 Å². The van der Waals surface area contributed by atoms with E-state index in [0.717, 1.165) is 22.9 Å². The van der Waals surface area contributed by atoms with E-state index in [4.69, 9.17) is 5.26 Å². The van der Waals surface area contributed by atoms with E-state index >= 15 is 0 Å². The van der Waals surface area contributed by atoms with E-state index in [-0.39, 0.29) is 11.3 Å². The molecule has 1 N–H and O–H groups in total. The molecule has 21 heavy (non-hydrogen) atoms. The molecule has 108 valence electrons. The third-order valence-corrected chi connectivity index (χ3v) is 2.41. The Balaban J connectivity index is 2.42. The van der Waals surface area contributed by atoms with Gasteiger partial charge in [0.2, 0.25) is 0 Å². The summed E-state index contributed by atoms with van der Waals surface area (Å²) in [5.41, 5.74) is -1.79. The molecule has 0 aliphatic rings. The van der Waals surface area contributed by atoms with Crippen LogP contribution in [0.25, 0.3) is 5.69 Å². The van der Waals surface area contributed by atoms with Crippen LogP contribution in [-0.4, -0.2) is 15.9 Å². The molecule has 0 fully saturated rings. The zero-order chi connectivity index (χ0) is 15.6. The minimum atomic E-state index is -4.82. The smallest absolute Gasteiger partial charge is 0.406 e. The van der Waals surface area contributed by atoms with Gasteiger partial charge in [-0.15, -0.1) is 13.2 Å². The molecule has 2 rings (SSSR count). The van der Waals surface area contributed by atoms with Gasteiger partial charge < -0.3 is 4.74 Å². The summed E-state index contributed by atoms with van der Waals surface area (Å²) in [5.74, 6) is -0.454. The maximum atomic E-state index is 12.0. The Hall–Kier alpha value is -3.02. The zero-order valence-corrected chi connectivity index (χ0v) is 10.1. The fourth-order valence-corrected chi connectivity index (χ4v) is 1.55. The van der Waals surface area contributed by atoms with Gasteiger partial charge in [-0.2, -0.15) is 5.26 Å². The second-order valence-electron chi connectivity index (χ2n) is 3.83. The van der Waals surface area contributed by atoms with E-state index in [1.165, 1.54) is 12.1 Å². The van der Waals surface area contributed by atoms with Gasteiger partial charge in [0, 0.05) is 6.20 Å². The maximum Gasteiger partial charge on any atom is 0.573 e. The van der Waals surface area contributed by atoms with Crippen LogP contribution in [0, 0.1) is 11.3 Å². The molecule has 0 aliphatic heterocycles. The average Bonchev–Trinajstić information content (AvgIpc) is 2.38. The van der Waals surface area contributed by atoms with Crippen molar-refractivity contribution in [3.05, 3.63) is 56.9 Å². The standard InChI is InChI=1S/C12H6F3N3O3/c13-12(14,15)21-9-3-1-8(2-4-9)18-6-7(5-16)10(19)17-11(18)20/h1-4,6H,(H,17,19,20). The summed E-state index contributed by atoms with van der Waals surface area (Å²) in [7, 11) is 0. The molecule has 0 atom stereocenters. The van der Waals surface area contributed by atoms with E-state index in [1.54, 1.807) is 6.07 Å². The largest absolute Gasteiger partial charge is 0.573 e. The summed E-state index contributed by atoms with van der Waals surface area (Å²) >= 11 is 0. The first-order valence-corrected chi connectivity index (χ1v) is 5.42. The van der Waals surface area contributed by atoms with Crippen LogP contribution in [0.2, 0.25) is 0 Å². The normalized spacial score (nSPS) is 11.0. The Morgan fingerprint density at radius 1 is 1.19 bits per heavy atom. The Labute approximate surface area is 114 Å². The van der Waals surface area contributed by atoms with Crippen molar-refractivity contribution in [1.82, 2.24) is 9.55 Å². The van der Waals surface area contributed by atoms with Crippen molar-refractivity contribution >= 4 is 0 Å². The van der Waals surface area contributed by atoms with Crippen molar-refractivity contribution in [2.75, 3.05) is 0 Å². The number of nitrogens with one attached hydrogen (secondary N) is 1. The van der Waals surface area contributed by atoms with Crippen molar-refractivity contribution in [2.45, 2.75) is 6.36 Å². The van der Waals surface area contributed by atoms with Crippen molar-refractivity contribution in [3.63, 3.8) is 0 Å². The van der Waals surface area contributed by atoms with E-state index in [1.807, 2.05) is 4.98 Å². The number of nitrogens with zero attached hydrogens (tertiary/aromatic N) is 2. The van der Waals surface area contributed by atoms with Crippen LogP contribution in [0.4, 0.5) is 13.2 Å². The first kappa shape index (κ1) is 14.4. The van der Waals surface area contributed by atoms with Crippen molar-refractivity contribution in [1.29, 1.82) is 5.26 Å². The van der Waals surface area contributed by atoms with Crippen LogP contribution in [0.3, 0.4) is 0 Å². The third kappa shape index (κ3) is 3.30. The Kier molecular flexibility index (Phi) is 3.54. The van der Waals surface area contributed by atoms with Crippen LogP contribution in [0.15, 0.2) is 40.1 Å². The SMILES string of the molecule is N#Cc1cn(-c2ccc(OC(F)(F)F)cc2)c(=O)[nH]c1=O. The molecule has 0 radical (unpaired) electrons. The number of benzene rings is 1. The van der Waals surface area contributed by atoms with Gasteiger partial charge in [-0.25, -0.2) is 4.79 Å². The molecule has 2 aromatic rings. The summed E-state index contributed by atoms with van der Waals surface area (Å²) in [5, 5.41) is 8.72. The number of hydrogen-bond donors (Lipinski definition) is 1. The van der Waals surface area contributed by atoms with Crippen molar-refractivity contribution in [3.8, 4) is 17.5 Å². The average molecular weight is 297 g/mol. The van der Waals surface area contributed by atoms with Crippen LogP contribution in [-0.2, 0) is 0 Å². The predicted molar refractivity (Wildman–Crippen MR) is 64.1 cm³/mol. The summed E-state index contributed by atoms with van der Waals surface area (Å²) in [6, 6.07) is 5.98. The van der Waals surface area contributed by atoms with Gasteiger partial charge in [-0.1, -0.05) is 0 Å². The maximum absolute atomic E-state index is 12.0. The van der Waals surface area contributed by atoms with E-state index in [2.05, 4.69) is 4.74 Å². The topological polar surface area (TPSA) is 87.9 Å². The van der Waals surface area contributed by atoms with Gasteiger partial charge in [0.25, 0.3) is 5.56 Å². The number of H-pyrrole nitrogens is 1. The molecule has 9 heteroatoms. The number of aromatic nitrogens is 2. The van der Waals surface area contributed by atoms with Crippen molar-refractivity contribution in [2.24, 2.45) is 0 Å². The fourth-order valence-electron chi connectivity index (χ4n) is 1.55.